The molecule has 2 heterocycles. The van der Waals surface area contributed by atoms with Crippen LogP contribution in [0.4, 0.5) is 5.69 Å². The van der Waals surface area contributed by atoms with Crippen LogP contribution in [0.1, 0.15) is 6.92 Å². The first kappa shape index (κ1) is 14.5. The Morgan fingerprint density at radius 2 is 2.05 bits per heavy atom. The average molecular weight is 281 g/mol. The van der Waals surface area contributed by atoms with Gasteiger partial charge in [-0.15, -0.1) is 0 Å². The first-order chi connectivity index (χ1) is 9.29. The highest BCUT2D eigenvalue weighted by atomic mass is 32.2. The number of anilines is 1. The van der Waals surface area contributed by atoms with E-state index >= 15 is 0 Å². The Kier molecular flexibility index (Phi) is 5.79. The minimum absolute atomic E-state index is 0.756. The second-order valence-corrected chi connectivity index (χ2v) is 6.11. The van der Waals surface area contributed by atoms with Crippen LogP contribution < -0.4 is 9.64 Å². The van der Waals surface area contributed by atoms with Gasteiger partial charge in [0.05, 0.1) is 24.7 Å². The van der Waals surface area contributed by atoms with Gasteiger partial charge in [0.1, 0.15) is 5.75 Å². The van der Waals surface area contributed by atoms with Crippen molar-refractivity contribution in [3.8, 4) is 5.75 Å². The van der Waals surface area contributed by atoms with Crippen molar-refractivity contribution in [2.45, 2.75) is 6.92 Å². The molecule has 1 aromatic heterocycles. The van der Waals surface area contributed by atoms with E-state index < -0.39 is 0 Å². The van der Waals surface area contributed by atoms with Crippen molar-refractivity contribution in [3.63, 3.8) is 0 Å². The van der Waals surface area contributed by atoms with Crippen LogP contribution in [0.5, 0.6) is 5.75 Å². The highest BCUT2D eigenvalue weighted by Crippen LogP contribution is 2.20. The molecular formula is C14H23N3OS. The summed E-state index contributed by atoms with van der Waals surface area (Å²) in [6.07, 6.45) is 3.73. The third kappa shape index (κ3) is 4.58. The number of likely N-dealkylation sites (N-methyl/N-ethyl adjacent to an activating group) is 1. The highest BCUT2D eigenvalue weighted by molar-refractivity contribution is 7.99. The summed E-state index contributed by atoms with van der Waals surface area (Å²) in [7, 11) is 2.17. The first-order valence-electron chi connectivity index (χ1n) is 6.88. The van der Waals surface area contributed by atoms with Gasteiger partial charge in [0.15, 0.2) is 0 Å². The molecular weight excluding hydrogens is 258 g/mol. The lowest BCUT2D eigenvalue weighted by molar-refractivity contribution is 0.312. The normalized spacial score (nSPS) is 16.6. The largest absolute Gasteiger partial charge is 0.491 e. The maximum absolute atomic E-state index is 5.74. The Balaban J connectivity index is 1.87. The van der Waals surface area contributed by atoms with E-state index in [2.05, 4.69) is 34.8 Å². The molecule has 0 radical (unpaired) electrons. The van der Waals surface area contributed by atoms with Crippen molar-refractivity contribution in [3.05, 3.63) is 18.5 Å². The van der Waals surface area contributed by atoms with E-state index in [1.54, 1.807) is 6.20 Å². The van der Waals surface area contributed by atoms with E-state index in [4.69, 9.17) is 4.74 Å². The van der Waals surface area contributed by atoms with Crippen LogP contribution in [0.15, 0.2) is 18.5 Å². The number of nitrogens with zero attached hydrogens (tertiary/aromatic N) is 3. The molecule has 0 aromatic carbocycles. The number of hydrogen-bond donors (Lipinski definition) is 0. The number of ether oxygens (including phenoxy) is 1. The number of hydrogen-bond acceptors (Lipinski definition) is 5. The van der Waals surface area contributed by atoms with Crippen molar-refractivity contribution >= 4 is 17.4 Å². The van der Waals surface area contributed by atoms with Crippen molar-refractivity contribution in [2.24, 2.45) is 0 Å². The Labute approximate surface area is 120 Å². The predicted molar refractivity (Wildman–Crippen MR) is 82.4 cm³/mol. The van der Waals surface area contributed by atoms with Gasteiger partial charge in [-0.2, -0.15) is 11.8 Å². The molecule has 2 rings (SSSR count). The average Bonchev–Trinajstić information content (AvgIpc) is 2.45. The van der Waals surface area contributed by atoms with Gasteiger partial charge in [0.25, 0.3) is 0 Å². The summed E-state index contributed by atoms with van der Waals surface area (Å²) < 4.78 is 5.74. The molecule has 0 N–H and O–H groups in total. The second kappa shape index (κ2) is 7.60. The smallest absolute Gasteiger partial charge is 0.139 e. The topological polar surface area (TPSA) is 28.6 Å². The minimum atomic E-state index is 0.756. The molecule has 0 saturated carbocycles. The minimum Gasteiger partial charge on any atom is -0.491 e. The molecule has 5 heteroatoms. The lowest BCUT2D eigenvalue weighted by atomic mass is 10.3. The van der Waals surface area contributed by atoms with Crippen LogP contribution in [0.25, 0.3) is 0 Å². The summed E-state index contributed by atoms with van der Waals surface area (Å²) in [4.78, 5) is 9.02. The molecule has 0 unspecified atom stereocenters. The van der Waals surface area contributed by atoms with Crippen molar-refractivity contribution in [1.82, 2.24) is 9.88 Å². The van der Waals surface area contributed by atoms with Crippen LogP contribution in [0.3, 0.4) is 0 Å². The van der Waals surface area contributed by atoms with Crippen LogP contribution in [-0.2, 0) is 0 Å². The molecule has 0 amide bonds. The fourth-order valence-electron chi connectivity index (χ4n) is 2.09. The van der Waals surface area contributed by atoms with Gasteiger partial charge in [-0.05, 0) is 12.8 Å². The van der Waals surface area contributed by atoms with Gasteiger partial charge in [-0.25, -0.2) is 0 Å². The molecule has 4 nitrogen and oxygen atoms in total. The lowest BCUT2D eigenvalue weighted by Gasteiger charge is -2.33. The summed E-state index contributed by atoms with van der Waals surface area (Å²) in [5.74, 6) is 3.06. The maximum Gasteiger partial charge on any atom is 0.139 e. The van der Waals surface area contributed by atoms with Crippen molar-refractivity contribution in [2.75, 3.05) is 56.2 Å². The Hall–Kier alpha value is -0.940. The van der Waals surface area contributed by atoms with Crippen molar-refractivity contribution in [1.29, 1.82) is 0 Å². The summed E-state index contributed by atoms with van der Waals surface area (Å²) in [5, 5.41) is 0. The molecule has 1 aliphatic heterocycles. The Morgan fingerprint density at radius 3 is 2.79 bits per heavy atom. The molecule has 106 valence electrons. The van der Waals surface area contributed by atoms with Gasteiger partial charge < -0.3 is 14.5 Å². The van der Waals surface area contributed by atoms with Gasteiger partial charge in [0.2, 0.25) is 0 Å². The van der Waals surface area contributed by atoms with Gasteiger partial charge >= 0.3 is 0 Å². The molecule has 1 fully saturated rings. The molecule has 1 saturated heterocycles. The molecule has 0 spiro atoms. The van der Waals surface area contributed by atoms with Gasteiger partial charge in [0, 0.05) is 38.0 Å². The standard InChI is InChI=1S/C14H23N3OS/c1-3-19-9-8-18-14-10-13(11-15-12-14)17-6-4-16(2)5-7-17/h10-12H,3-9H2,1-2H3. The van der Waals surface area contributed by atoms with Crippen LogP contribution in [0.2, 0.25) is 0 Å². The fourth-order valence-corrected chi connectivity index (χ4v) is 2.58. The summed E-state index contributed by atoms with van der Waals surface area (Å²) in [5.41, 5.74) is 1.17. The number of rotatable bonds is 6. The summed E-state index contributed by atoms with van der Waals surface area (Å²) in [6, 6.07) is 2.11. The SMILES string of the molecule is CCSCCOc1cncc(N2CCN(C)CC2)c1. The molecule has 1 aromatic rings. The maximum atomic E-state index is 5.74. The number of pyridine rings is 1. The number of thioether (sulfide) groups is 1. The zero-order chi connectivity index (χ0) is 13.5. The van der Waals surface area contributed by atoms with Gasteiger partial charge in [-0.1, -0.05) is 6.92 Å². The number of aromatic nitrogens is 1. The highest BCUT2D eigenvalue weighted by Gasteiger charge is 2.14. The Bertz CT molecular complexity index is 381. The third-order valence-corrected chi connectivity index (χ3v) is 4.13. The lowest BCUT2D eigenvalue weighted by Crippen LogP contribution is -2.44. The second-order valence-electron chi connectivity index (χ2n) is 4.71. The summed E-state index contributed by atoms with van der Waals surface area (Å²) in [6.45, 7) is 7.27. The van der Waals surface area contributed by atoms with Crippen LogP contribution >= 0.6 is 11.8 Å². The summed E-state index contributed by atoms with van der Waals surface area (Å²) >= 11 is 1.90. The van der Waals surface area contributed by atoms with Crippen molar-refractivity contribution < 1.29 is 4.74 Å². The van der Waals surface area contributed by atoms with E-state index in [1.165, 1.54) is 5.69 Å². The Morgan fingerprint density at radius 1 is 1.26 bits per heavy atom. The zero-order valence-corrected chi connectivity index (χ0v) is 12.7. The van der Waals surface area contributed by atoms with E-state index in [1.807, 2.05) is 18.0 Å². The molecule has 0 atom stereocenters. The monoisotopic (exact) mass is 281 g/mol. The predicted octanol–water partition coefficient (Wildman–Crippen LogP) is 1.97. The van der Waals surface area contributed by atoms with Crippen LogP contribution in [-0.4, -0.2) is 61.2 Å². The van der Waals surface area contributed by atoms with E-state index in [0.29, 0.717) is 0 Å². The van der Waals surface area contributed by atoms with Gasteiger partial charge in [-0.3, -0.25) is 4.98 Å². The van der Waals surface area contributed by atoms with E-state index in [0.717, 1.165) is 50.0 Å². The fraction of sp³-hybridized carbons (Fsp3) is 0.643. The van der Waals surface area contributed by atoms with E-state index in [-0.39, 0.29) is 0 Å². The molecule has 1 aliphatic rings. The van der Waals surface area contributed by atoms with Crippen LogP contribution in [0, 0.1) is 0 Å². The van der Waals surface area contributed by atoms with E-state index in [9.17, 15) is 0 Å². The third-order valence-electron chi connectivity index (χ3n) is 3.27. The number of piperazine rings is 1. The zero-order valence-electron chi connectivity index (χ0n) is 11.8. The molecule has 0 aliphatic carbocycles. The molecule has 19 heavy (non-hydrogen) atoms. The quantitative estimate of drug-likeness (QED) is 0.744. The first-order valence-corrected chi connectivity index (χ1v) is 8.04. The molecule has 0 bridgehead atoms.